The molecule has 0 atom stereocenters. The summed E-state index contributed by atoms with van der Waals surface area (Å²) in [7, 11) is 0. The van der Waals surface area contributed by atoms with E-state index in [1.165, 1.54) is 50.0 Å². The highest BCUT2D eigenvalue weighted by Gasteiger charge is 2.14. The Morgan fingerprint density at radius 3 is 1.87 bits per heavy atom. The minimum atomic E-state index is 0.888. The molecule has 0 unspecified atom stereocenters. The smallest absolute Gasteiger partial charge is 0.0961 e. The maximum atomic E-state index is 4.60. The molecule has 3 rings (SSSR count). The van der Waals surface area contributed by atoms with E-state index in [-0.39, 0.29) is 0 Å². The predicted molar refractivity (Wildman–Crippen MR) is 98.4 cm³/mol. The van der Waals surface area contributed by atoms with Gasteiger partial charge < -0.3 is 4.57 Å². The molecule has 0 N–H and O–H groups in total. The highest BCUT2D eigenvalue weighted by molar-refractivity contribution is 5.77. The van der Waals surface area contributed by atoms with Gasteiger partial charge in [0.2, 0.25) is 0 Å². The Kier molecular flexibility index (Phi) is 3.79. The van der Waals surface area contributed by atoms with Gasteiger partial charge in [-0.1, -0.05) is 0 Å². The fourth-order valence-corrected chi connectivity index (χ4v) is 3.42. The van der Waals surface area contributed by atoms with Gasteiger partial charge in [-0.15, -0.1) is 0 Å². The zero-order chi connectivity index (χ0) is 16.9. The Hall–Kier alpha value is -2.09. The van der Waals surface area contributed by atoms with E-state index in [4.69, 9.17) is 0 Å². The first-order valence-electron chi connectivity index (χ1n) is 8.29. The number of aryl methyl sites for hydroxylation is 2. The fraction of sp³-hybridized carbons (Fsp3) is 0.381. The molecule has 0 radical (unpaired) electrons. The standard InChI is InChI=1S/C21H26N2/c1-12-8-20-21(9-13(12)2)23(11-22-20)10-19-17(6)15(4)14(3)16(5)18(19)7/h8-9,11H,10H2,1-7H3. The summed E-state index contributed by atoms with van der Waals surface area (Å²) in [6, 6.07) is 4.45. The summed E-state index contributed by atoms with van der Waals surface area (Å²) in [6.45, 7) is 16.4. The van der Waals surface area contributed by atoms with E-state index in [1.807, 2.05) is 6.33 Å². The number of nitrogens with zero attached hydrogens (tertiary/aromatic N) is 2. The van der Waals surface area contributed by atoms with Gasteiger partial charge in [-0.25, -0.2) is 4.98 Å². The molecule has 0 saturated heterocycles. The van der Waals surface area contributed by atoms with E-state index >= 15 is 0 Å². The number of rotatable bonds is 2. The van der Waals surface area contributed by atoms with Crippen LogP contribution in [0.1, 0.15) is 44.5 Å². The molecule has 0 bridgehead atoms. The van der Waals surface area contributed by atoms with Crippen LogP contribution in [0, 0.1) is 48.5 Å². The topological polar surface area (TPSA) is 17.8 Å². The third kappa shape index (κ3) is 2.46. The molecule has 23 heavy (non-hydrogen) atoms. The molecule has 0 aliphatic rings. The van der Waals surface area contributed by atoms with Crippen LogP contribution in [-0.2, 0) is 6.54 Å². The van der Waals surface area contributed by atoms with E-state index in [2.05, 4.69) is 70.1 Å². The number of hydrogen-bond acceptors (Lipinski definition) is 1. The normalized spacial score (nSPS) is 11.4. The molecule has 3 aromatic rings. The Morgan fingerprint density at radius 1 is 0.739 bits per heavy atom. The van der Waals surface area contributed by atoms with Crippen LogP contribution in [0.2, 0.25) is 0 Å². The molecule has 0 saturated carbocycles. The van der Waals surface area contributed by atoms with Gasteiger partial charge in [0.1, 0.15) is 0 Å². The van der Waals surface area contributed by atoms with Crippen LogP contribution in [0.25, 0.3) is 11.0 Å². The number of benzene rings is 2. The highest BCUT2D eigenvalue weighted by atomic mass is 15.0. The average molecular weight is 306 g/mol. The number of aromatic nitrogens is 2. The lowest BCUT2D eigenvalue weighted by Gasteiger charge is -2.19. The van der Waals surface area contributed by atoms with Crippen LogP contribution in [-0.4, -0.2) is 9.55 Å². The van der Waals surface area contributed by atoms with Gasteiger partial charge in [-0.05, 0) is 105 Å². The number of fused-ring (bicyclic) bond motifs is 1. The third-order valence-electron chi connectivity index (χ3n) is 5.72. The lowest BCUT2D eigenvalue weighted by molar-refractivity contribution is 0.807. The van der Waals surface area contributed by atoms with Gasteiger partial charge in [0.25, 0.3) is 0 Å². The van der Waals surface area contributed by atoms with Crippen molar-refractivity contribution in [1.82, 2.24) is 9.55 Å². The van der Waals surface area contributed by atoms with Crippen molar-refractivity contribution >= 4 is 11.0 Å². The van der Waals surface area contributed by atoms with Crippen molar-refractivity contribution in [2.24, 2.45) is 0 Å². The van der Waals surface area contributed by atoms with Gasteiger partial charge >= 0.3 is 0 Å². The summed E-state index contributed by atoms with van der Waals surface area (Å²) in [5, 5.41) is 0. The summed E-state index contributed by atoms with van der Waals surface area (Å²) in [5.41, 5.74) is 13.5. The first-order chi connectivity index (χ1) is 10.8. The molecule has 2 heteroatoms. The van der Waals surface area contributed by atoms with Crippen LogP contribution in [0.3, 0.4) is 0 Å². The van der Waals surface area contributed by atoms with Gasteiger partial charge in [0.05, 0.1) is 17.4 Å². The second-order valence-corrected chi connectivity index (χ2v) is 6.90. The largest absolute Gasteiger partial charge is 0.326 e. The Morgan fingerprint density at radius 2 is 1.26 bits per heavy atom. The molecule has 0 spiro atoms. The van der Waals surface area contributed by atoms with Crippen molar-refractivity contribution in [3.05, 3.63) is 63.0 Å². The van der Waals surface area contributed by atoms with Crippen LogP contribution < -0.4 is 0 Å². The summed E-state index contributed by atoms with van der Waals surface area (Å²) in [4.78, 5) is 4.60. The Labute approximate surface area is 139 Å². The molecular weight excluding hydrogens is 280 g/mol. The van der Waals surface area contributed by atoms with Crippen molar-refractivity contribution in [2.75, 3.05) is 0 Å². The van der Waals surface area contributed by atoms with Crippen molar-refractivity contribution in [3.63, 3.8) is 0 Å². The first kappa shape index (κ1) is 15.8. The molecule has 0 aliphatic heterocycles. The summed E-state index contributed by atoms with van der Waals surface area (Å²) < 4.78 is 2.28. The molecule has 0 amide bonds. The second kappa shape index (κ2) is 5.52. The molecule has 0 fully saturated rings. The van der Waals surface area contributed by atoms with Crippen LogP contribution in [0.4, 0.5) is 0 Å². The molecule has 1 heterocycles. The van der Waals surface area contributed by atoms with E-state index < -0.39 is 0 Å². The third-order valence-corrected chi connectivity index (χ3v) is 5.72. The highest BCUT2D eigenvalue weighted by Crippen LogP contribution is 2.28. The molecule has 2 aromatic carbocycles. The Bertz CT molecular complexity index is 884. The SMILES string of the molecule is Cc1cc2ncn(Cc3c(C)c(C)c(C)c(C)c3C)c2cc1C. The van der Waals surface area contributed by atoms with Crippen LogP contribution in [0.5, 0.6) is 0 Å². The predicted octanol–water partition coefficient (Wildman–Crippen LogP) is 5.24. The van der Waals surface area contributed by atoms with Gasteiger partial charge in [0.15, 0.2) is 0 Å². The summed E-state index contributed by atoms with van der Waals surface area (Å²) in [5.74, 6) is 0. The van der Waals surface area contributed by atoms with Gasteiger partial charge in [0, 0.05) is 6.54 Å². The molecular formula is C21H26N2. The van der Waals surface area contributed by atoms with Crippen molar-refractivity contribution in [1.29, 1.82) is 0 Å². The van der Waals surface area contributed by atoms with Crippen LogP contribution >= 0.6 is 0 Å². The number of imidazole rings is 1. The molecule has 120 valence electrons. The zero-order valence-electron chi connectivity index (χ0n) is 15.3. The van der Waals surface area contributed by atoms with Crippen molar-refractivity contribution < 1.29 is 0 Å². The van der Waals surface area contributed by atoms with Crippen molar-refractivity contribution in [3.8, 4) is 0 Å². The van der Waals surface area contributed by atoms with Crippen LogP contribution in [0.15, 0.2) is 18.5 Å². The van der Waals surface area contributed by atoms with E-state index in [9.17, 15) is 0 Å². The van der Waals surface area contributed by atoms with E-state index in [0.29, 0.717) is 0 Å². The fourth-order valence-electron chi connectivity index (χ4n) is 3.42. The lowest BCUT2D eigenvalue weighted by Crippen LogP contribution is -2.07. The lowest BCUT2D eigenvalue weighted by atomic mass is 9.89. The minimum absolute atomic E-state index is 0.888. The molecule has 2 nitrogen and oxygen atoms in total. The van der Waals surface area contributed by atoms with Gasteiger partial charge in [-0.2, -0.15) is 0 Å². The average Bonchev–Trinajstić information content (AvgIpc) is 2.90. The van der Waals surface area contributed by atoms with Gasteiger partial charge in [-0.3, -0.25) is 0 Å². The maximum absolute atomic E-state index is 4.60. The first-order valence-corrected chi connectivity index (χ1v) is 8.29. The minimum Gasteiger partial charge on any atom is -0.326 e. The summed E-state index contributed by atoms with van der Waals surface area (Å²) in [6.07, 6.45) is 1.98. The summed E-state index contributed by atoms with van der Waals surface area (Å²) >= 11 is 0. The monoisotopic (exact) mass is 306 g/mol. The molecule has 0 aliphatic carbocycles. The van der Waals surface area contributed by atoms with Crippen molar-refractivity contribution in [2.45, 2.75) is 55.0 Å². The second-order valence-electron chi connectivity index (χ2n) is 6.90. The zero-order valence-corrected chi connectivity index (χ0v) is 15.3. The Balaban J connectivity index is 2.15. The molecule has 1 aromatic heterocycles. The quantitative estimate of drug-likeness (QED) is 0.633. The maximum Gasteiger partial charge on any atom is 0.0961 e. The number of hydrogen-bond donors (Lipinski definition) is 0. The van der Waals surface area contributed by atoms with E-state index in [1.54, 1.807) is 0 Å². The van der Waals surface area contributed by atoms with E-state index in [0.717, 1.165) is 12.1 Å².